The van der Waals surface area contributed by atoms with Crippen molar-refractivity contribution in [2.75, 3.05) is 13.2 Å². The average Bonchev–Trinajstić information content (AvgIpc) is 3.47. The molecule has 3 N–H and O–H groups in total. The van der Waals surface area contributed by atoms with E-state index in [2.05, 4.69) is 43.5 Å². The molecular weight excluding hydrogens is 995 g/mol. The summed E-state index contributed by atoms with van der Waals surface area (Å²) >= 11 is 0. The van der Waals surface area contributed by atoms with E-state index in [-0.39, 0.29) is 18.5 Å². The van der Waals surface area contributed by atoms with Crippen LogP contribution in [0.4, 0.5) is 0 Å². The van der Waals surface area contributed by atoms with Gasteiger partial charge in [0.2, 0.25) is 5.91 Å². The zero-order chi connectivity index (χ0) is 58.5. The lowest BCUT2D eigenvalue weighted by Crippen LogP contribution is -2.45. The van der Waals surface area contributed by atoms with Gasteiger partial charge in [0.25, 0.3) is 0 Å². The van der Waals surface area contributed by atoms with Crippen molar-refractivity contribution in [1.29, 1.82) is 0 Å². The van der Waals surface area contributed by atoms with E-state index in [1.807, 2.05) is 0 Å². The van der Waals surface area contributed by atoms with Crippen molar-refractivity contribution in [2.45, 2.75) is 431 Å². The molecule has 0 heterocycles. The summed E-state index contributed by atoms with van der Waals surface area (Å²) in [4.78, 5) is 24.6. The first-order valence-electron chi connectivity index (χ1n) is 37.1. The third-order valence-corrected chi connectivity index (χ3v) is 17.5. The van der Waals surface area contributed by atoms with Gasteiger partial charge in [0, 0.05) is 12.8 Å². The number of hydrogen-bond acceptors (Lipinski definition) is 5. The Kier molecular flexibility index (Phi) is 69.4. The Labute approximate surface area is 507 Å². The van der Waals surface area contributed by atoms with Gasteiger partial charge in [-0.05, 0) is 77.0 Å². The quantitative estimate of drug-likeness (QED) is 0.0320. The summed E-state index contributed by atoms with van der Waals surface area (Å²) in [5, 5.41) is 23.4. The molecule has 0 saturated heterocycles. The molecule has 0 aromatic carbocycles. The van der Waals surface area contributed by atoms with E-state index in [4.69, 9.17) is 4.74 Å². The molecule has 6 nitrogen and oxygen atoms in total. The minimum atomic E-state index is -0.663. The van der Waals surface area contributed by atoms with Gasteiger partial charge in [-0.2, -0.15) is 0 Å². The van der Waals surface area contributed by atoms with E-state index in [1.165, 1.54) is 340 Å². The fourth-order valence-corrected chi connectivity index (χ4v) is 11.8. The predicted octanol–water partition coefficient (Wildman–Crippen LogP) is 24.1. The SMILES string of the molecule is CCCCCCC/C=C\CCCCCCCC(=O)OCCCCCCCCCCCCCC/C=C\CCCCCCCCCCCCCCCCCC(=O)NC(CO)C(O)CCCCCCCCCCCCCCCCCCCCC. The number of nitrogens with one attached hydrogen (secondary N) is 1. The number of ether oxygens (including phenoxy) is 1. The van der Waals surface area contributed by atoms with Crippen molar-refractivity contribution < 1.29 is 24.5 Å². The predicted molar refractivity (Wildman–Crippen MR) is 356 cm³/mol. The van der Waals surface area contributed by atoms with Gasteiger partial charge in [0.1, 0.15) is 0 Å². The van der Waals surface area contributed by atoms with Gasteiger partial charge in [0.05, 0.1) is 25.4 Å². The van der Waals surface area contributed by atoms with Crippen molar-refractivity contribution in [2.24, 2.45) is 0 Å². The number of unbranched alkanes of at least 4 members (excludes halogenated alkanes) is 55. The van der Waals surface area contributed by atoms with Gasteiger partial charge in [0.15, 0.2) is 0 Å². The second-order valence-corrected chi connectivity index (χ2v) is 25.6. The smallest absolute Gasteiger partial charge is 0.305 e. The van der Waals surface area contributed by atoms with Gasteiger partial charge < -0.3 is 20.3 Å². The molecule has 2 unspecified atom stereocenters. The maximum absolute atomic E-state index is 12.5. The normalized spacial score (nSPS) is 12.6. The summed E-state index contributed by atoms with van der Waals surface area (Å²) in [6, 6.07) is -0.540. The number of carbonyl (C=O) groups excluding carboxylic acids is 2. The monoisotopic (exact) mass is 1140 g/mol. The summed E-state index contributed by atoms with van der Waals surface area (Å²) in [5.74, 6) is -0.0186. The largest absolute Gasteiger partial charge is 0.466 e. The topological polar surface area (TPSA) is 95.9 Å². The number of carbonyl (C=O) groups is 2. The molecule has 0 aliphatic carbocycles. The number of aliphatic hydroxyl groups is 2. The van der Waals surface area contributed by atoms with E-state index in [9.17, 15) is 19.8 Å². The van der Waals surface area contributed by atoms with Crippen LogP contribution in [0.1, 0.15) is 418 Å². The number of hydrogen-bond donors (Lipinski definition) is 3. The standard InChI is InChI=1S/C75H145NO5/c1-3-5-7-9-11-13-15-17-19-20-34-37-40-43-47-51-55-59-63-67-73(78)72(71-77)76-74(79)68-64-60-56-52-48-44-41-38-35-32-30-28-26-24-22-21-23-25-27-29-31-33-36-39-42-46-50-54-58-62-66-70-81-75(80)69-65-61-57-53-49-45-18-16-14-12-10-8-6-4-2/h16,18,23,25,72-73,77-78H,3-15,17,19-22,24,26-71H2,1-2H3,(H,76,79)/b18-16-,25-23-. The maximum Gasteiger partial charge on any atom is 0.305 e. The van der Waals surface area contributed by atoms with Gasteiger partial charge in [-0.1, -0.05) is 353 Å². The lowest BCUT2D eigenvalue weighted by molar-refractivity contribution is -0.143. The summed E-state index contributed by atoms with van der Waals surface area (Å²) in [5.41, 5.74) is 0. The molecule has 0 saturated carbocycles. The second-order valence-electron chi connectivity index (χ2n) is 25.6. The first-order valence-corrected chi connectivity index (χ1v) is 37.1. The number of aliphatic hydroxyl groups excluding tert-OH is 2. The van der Waals surface area contributed by atoms with Crippen LogP contribution in [0.15, 0.2) is 24.3 Å². The highest BCUT2D eigenvalue weighted by Gasteiger charge is 2.20. The average molecular weight is 1140 g/mol. The molecule has 0 rings (SSSR count). The molecular formula is C75H145NO5. The molecule has 0 bridgehead atoms. The Balaban J connectivity index is 3.36. The highest BCUT2D eigenvalue weighted by molar-refractivity contribution is 5.76. The zero-order valence-corrected chi connectivity index (χ0v) is 55.0. The summed E-state index contributed by atoms with van der Waals surface area (Å²) < 4.78 is 5.49. The molecule has 0 aromatic heterocycles. The van der Waals surface area contributed by atoms with Crippen molar-refractivity contribution in [1.82, 2.24) is 5.32 Å². The number of esters is 1. The van der Waals surface area contributed by atoms with Crippen LogP contribution in [-0.2, 0) is 14.3 Å². The molecule has 2 atom stereocenters. The lowest BCUT2D eigenvalue weighted by Gasteiger charge is -2.22. The van der Waals surface area contributed by atoms with Crippen LogP contribution in [-0.4, -0.2) is 47.4 Å². The lowest BCUT2D eigenvalue weighted by atomic mass is 10.0. The first-order chi connectivity index (χ1) is 40.0. The van der Waals surface area contributed by atoms with Crippen LogP contribution in [0.25, 0.3) is 0 Å². The second kappa shape index (κ2) is 70.8. The third kappa shape index (κ3) is 67.3. The molecule has 0 fully saturated rings. The van der Waals surface area contributed by atoms with Crippen LogP contribution < -0.4 is 5.32 Å². The number of allylic oxidation sites excluding steroid dienone is 4. The molecule has 480 valence electrons. The van der Waals surface area contributed by atoms with E-state index in [0.717, 1.165) is 44.9 Å². The van der Waals surface area contributed by atoms with E-state index in [1.54, 1.807) is 0 Å². The fourth-order valence-electron chi connectivity index (χ4n) is 11.8. The first kappa shape index (κ1) is 79.3. The van der Waals surface area contributed by atoms with Gasteiger partial charge in [-0.15, -0.1) is 0 Å². The summed E-state index contributed by atoms with van der Waals surface area (Å²) in [6.07, 6.45) is 89.6. The Morgan fingerprint density at radius 1 is 0.333 bits per heavy atom. The number of amides is 1. The molecule has 1 amide bonds. The molecule has 0 radical (unpaired) electrons. The van der Waals surface area contributed by atoms with Crippen LogP contribution >= 0.6 is 0 Å². The van der Waals surface area contributed by atoms with Crippen LogP contribution in [0.5, 0.6) is 0 Å². The molecule has 0 aromatic rings. The van der Waals surface area contributed by atoms with E-state index < -0.39 is 12.1 Å². The molecule has 0 spiro atoms. The van der Waals surface area contributed by atoms with Crippen LogP contribution in [0.3, 0.4) is 0 Å². The highest BCUT2D eigenvalue weighted by Crippen LogP contribution is 2.19. The van der Waals surface area contributed by atoms with Gasteiger partial charge in [-0.25, -0.2) is 0 Å². The van der Waals surface area contributed by atoms with E-state index in [0.29, 0.717) is 25.9 Å². The van der Waals surface area contributed by atoms with Crippen molar-refractivity contribution in [3.05, 3.63) is 24.3 Å². The number of rotatable bonds is 70. The van der Waals surface area contributed by atoms with Crippen molar-refractivity contribution >= 4 is 11.9 Å². The van der Waals surface area contributed by atoms with Crippen molar-refractivity contribution in [3.63, 3.8) is 0 Å². The summed E-state index contributed by atoms with van der Waals surface area (Å²) in [6.45, 7) is 4.98. The Hall–Kier alpha value is -1.66. The Bertz CT molecular complexity index is 1270. The van der Waals surface area contributed by atoms with Crippen molar-refractivity contribution in [3.8, 4) is 0 Å². The third-order valence-electron chi connectivity index (χ3n) is 17.5. The fraction of sp³-hybridized carbons (Fsp3) is 0.920. The maximum atomic E-state index is 12.5. The van der Waals surface area contributed by atoms with Crippen LogP contribution in [0, 0.1) is 0 Å². The minimum Gasteiger partial charge on any atom is -0.466 e. The Morgan fingerprint density at radius 2 is 0.580 bits per heavy atom. The zero-order valence-electron chi connectivity index (χ0n) is 55.0. The molecule has 81 heavy (non-hydrogen) atoms. The molecule has 0 aliphatic rings. The highest BCUT2D eigenvalue weighted by atomic mass is 16.5. The molecule has 0 aliphatic heterocycles. The van der Waals surface area contributed by atoms with Gasteiger partial charge >= 0.3 is 5.97 Å². The Morgan fingerprint density at radius 3 is 0.877 bits per heavy atom. The minimum absolute atomic E-state index is 0.00988. The molecule has 6 heteroatoms. The van der Waals surface area contributed by atoms with Gasteiger partial charge in [-0.3, -0.25) is 9.59 Å². The van der Waals surface area contributed by atoms with Crippen LogP contribution in [0.2, 0.25) is 0 Å². The summed E-state index contributed by atoms with van der Waals surface area (Å²) in [7, 11) is 0. The van der Waals surface area contributed by atoms with E-state index >= 15 is 0 Å².